The standard InChI is InChI=1S/C7H10N2O2S/c1-3-4-5(6(10)11)9-7(8)12(4)2/h3H2,1-2H3,(H2-,8,9,10,11)/p+1. The number of nitrogens with two attached hydrogens (primary N) is 1. The number of nitrogens with zero attached hydrogens (tertiary/aromatic N) is 1. The van der Waals surface area contributed by atoms with Gasteiger partial charge in [0.25, 0.3) is 0 Å². The van der Waals surface area contributed by atoms with E-state index in [0.29, 0.717) is 11.6 Å². The van der Waals surface area contributed by atoms with E-state index in [1.807, 2.05) is 13.2 Å². The molecular formula is C7H11N2O2S+. The molecule has 66 valence electrons. The number of hydrogen-bond donors (Lipinski definition) is 2. The zero-order chi connectivity index (χ0) is 9.30. The summed E-state index contributed by atoms with van der Waals surface area (Å²) in [7, 11) is -0.279. The summed E-state index contributed by atoms with van der Waals surface area (Å²) in [5.41, 5.74) is 5.67. The fraction of sp³-hybridized carbons (Fsp3) is 0.429. The molecule has 0 bridgehead atoms. The minimum atomic E-state index is -0.980. The number of anilines is 1. The molecule has 0 aromatic carbocycles. The summed E-state index contributed by atoms with van der Waals surface area (Å²) in [6, 6.07) is 0. The van der Waals surface area contributed by atoms with Crippen LogP contribution in [-0.2, 0) is 12.7 Å². The predicted octanol–water partition coefficient (Wildman–Crippen LogP) is 1.21. The van der Waals surface area contributed by atoms with Gasteiger partial charge in [-0.05, 0) is 0 Å². The lowest BCUT2D eigenvalue weighted by molar-refractivity contribution is 0.0690. The molecule has 1 unspecified atom stereocenters. The summed E-state index contributed by atoms with van der Waals surface area (Å²) in [6.45, 7) is 1.91. The minimum absolute atomic E-state index is 0.140. The van der Waals surface area contributed by atoms with Crippen LogP contribution < -0.4 is 5.73 Å². The summed E-state index contributed by atoms with van der Waals surface area (Å²) in [5.74, 6) is -0.980. The minimum Gasteiger partial charge on any atom is -0.476 e. The van der Waals surface area contributed by atoms with Gasteiger partial charge < -0.3 is 10.8 Å². The van der Waals surface area contributed by atoms with E-state index in [1.165, 1.54) is 0 Å². The molecule has 12 heavy (non-hydrogen) atoms. The maximum atomic E-state index is 10.6. The van der Waals surface area contributed by atoms with Crippen LogP contribution in [0.25, 0.3) is 0 Å². The van der Waals surface area contributed by atoms with Crippen molar-refractivity contribution in [2.24, 2.45) is 6.26 Å². The van der Waals surface area contributed by atoms with Crippen LogP contribution in [0.15, 0.2) is 0 Å². The molecule has 5 heteroatoms. The van der Waals surface area contributed by atoms with Gasteiger partial charge in [0.2, 0.25) is 5.69 Å². The van der Waals surface area contributed by atoms with Gasteiger partial charge in [0.15, 0.2) is 4.88 Å². The van der Waals surface area contributed by atoms with Crippen molar-refractivity contribution < 1.29 is 9.90 Å². The van der Waals surface area contributed by atoms with Crippen LogP contribution in [0.1, 0.15) is 22.3 Å². The monoisotopic (exact) mass is 187 g/mol. The van der Waals surface area contributed by atoms with Gasteiger partial charge in [0.1, 0.15) is 6.26 Å². The maximum Gasteiger partial charge on any atom is 0.360 e. The second-order valence-corrected chi connectivity index (χ2v) is 4.32. The summed E-state index contributed by atoms with van der Waals surface area (Å²) >= 11 is 0. The van der Waals surface area contributed by atoms with Gasteiger partial charge in [-0.25, -0.2) is 4.79 Å². The van der Waals surface area contributed by atoms with E-state index in [-0.39, 0.29) is 16.2 Å². The van der Waals surface area contributed by atoms with Gasteiger partial charge in [0, 0.05) is 16.9 Å². The van der Waals surface area contributed by atoms with Crippen LogP contribution in [0.2, 0.25) is 0 Å². The molecule has 0 aliphatic heterocycles. The lowest BCUT2D eigenvalue weighted by atomic mass is 10.3. The Labute approximate surface area is 73.0 Å². The normalized spacial score (nSPS) is 11.7. The second kappa shape index (κ2) is 3.10. The van der Waals surface area contributed by atoms with Crippen molar-refractivity contribution in [2.45, 2.75) is 13.3 Å². The number of carboxylic acids is 1. The third kappa shape index (κ3) is 1.27. The second-order valence-electron chi connectivity index (χ2n) is 2.39. The van der Waals surface area contributed by atoms with Crippen molar-refractivity contribution >= 4 is 21.6 Å². The first-order valence-corrected chi connectivity index (χ1v) is 5.17. The summed E-state index contributed by atoms with van der Waals surface area (Å²) in [4.78, 5) is 15.3. The fourth-order valence-electron chi connectivity index (χ4n) is 1.06. The van der Waals surface area contributed by atoms with E-state index in [4.69, 9.17) is 10.8 Å². The largest absolute Gasteiger partial charge is 0.476 e. The molecule has 3 N–H and O–H groups in total. The van der Waals surface area contributed by atoms with Crippen LogP contribution in [0, 0.1) is 0 Å². The molecule has 1 atom stereocenters. The Kier molecular flexibility index (Phi) is 2.32. The Bertz CT molecular complexity index is 319. The van der Waals surface area contributed by atoms with E-state index < -0.39 is 5.97 Å². The molecule has 0 fully saturated rings. The molecule has 0 aliphatic rings. The fourth-order valence-corrected chi connectivity index (χ4v) is 2.40. The van der Waals surface area contributed by atoms with Gasteiger partial charge in [0.05, 0.1) is 0 Å². The molecular weight excluding hydrogens is 176 g/mol. The predicted molar refractivity (Wildman–Crippen MR) is 48.4 cm³/mol. The van der Waals surface area contributed by atoms with E-state index in [1.54, 1.807) is 0 Å². The van der Waals surface area contributed by atoms with Crippen LogP contribution >= 0.6 is 10.5 Å². The Hall–Kier alpha value is -1.10. The lowest BCUT2D eigenvalue weighted by Crippen LogP contribution is -2.00. The lowest BCUT2D eigenvalue weighted by Gasteiger charge is -1.86. The molecule has 0 saturated carbocycles. The quantitative estimate of drug-likeness (QED) is 0.682. The summed E-state index contributed by atoms with van der Waals surface area (Å²) in [5, 5.41) is 9.17. The molecule has 0 spiro atoms. The topological polar surface area (TPSA) is 76.2 Å². The first-order valence-electron chi connectivity index (χ1n) is 3.54. The molecule has 0 aliphatic carbocycles. The van der Waals surface area contributed by atoms with Gasteiger partial charge in [-0.1, -0.05) is 6.92 Å². The maximum absolute atomic E-state index is 10.6. The van der Waals surface area contributed by atoms with Crippen molar-refractivity contribution in [3.63, 3.8) is 0 Å². The summed E-state index contributed by atoms with van der Waals surface area (Å²) in [6.07, 6.45) is 2.60. The van der Waals surface area contributed by atoms with Crippen molar-refractivity contribution in [2.75, 3.05) is 5.73 Å². The highest BCUT2D eigenvalue weighted by Gasteiger charge is 2.25. The number of hydrogen-bond acceptors (Lipinski definition) is 3. The van der Waals surface area contributed by atoms with E-state index in [2.05, 4.69) is 4.98 Å². The molecule has 4 nitrogen and oxygen atoms in total. The molecule has 0 amide bonds. The first-order chi connectivity index (χ1) is 5.57. The van der Waals surface area contributed by atoms with Crippen LogP contribution in [-0.4, -0.2) is 16.1 Å². The van der Waals surface area contributed by atoms with Crippen molar-refractivity contribution in [1.82, 2.24) is 4.98 Å². The Morgan fingerprint density at radius 3 is 2.67 bits per heavy atom. The zero-order valence-electron chi connectivity index (χ0n) is 7.00. The SMILES string of the molecule is CCc1c(C(=O)O)nc(N)[s+]1C. The van der Waals surface area contributed by atoms with Gasteiger partial charge in [-0.15, -0.1) is 0 Å². The Morgan fingerprint density at radius 1 is 1.75 bits per heavy atom. The summed E-state index contributed by atoms with van der Waals surface area (Å²) < 4.78 is 0. The molecule has 0 saturated heterocycles. The average molecular weight is 187 g/mol. The van der Waals surface area contributed by atoms with Crippen molar-refractivity contribution in [1.29, 1.82) is 0 Å². The first kappa shape index (κ1) is 8.99. The molecule has 1 aromatic rings. The van der Waals surface area contributed by atoms with Crippen molar-refractivity contribution in [3.05, 3.63) is 10.6 Å². The number of rotatable bonds is 2. The number of aromatic nitrogens is 1. The highest BCUT2D eigenvalue weighted by molar-refractivity contribution is 7.33. The zero-order valence-corrected chi connectivity index (χ0v) is 7.81. The van der Waals surface area contributed by atoms with Crippen LogP contribution in [0.3, 0.4) is 0 Å². The molecule has 1 heterocycles. The smallest absolute Gasteiger partial charge is 0.360 e. The van der Waals surface area contributed by atoms with Crippen LogP contribution in [0.4, 0.5) is 5.13 Å². The van der Waals surface area contributed by atoms with Gasteiger partial charge in [-0.3, -0.25) is 0 Å². The number of carbonyl (C=O) groups is 1. The highest BCUT2D eigenvalue weighted by Crippen LogP contribution is 2.31. The molecule has 0 radical (unpaired) electrons. The number of carboxylic acid groups (broad SMARTS) is 1. The number of thiazole rings is 1. The Balaban J connectivity index is 3.29. The number of aromatic carboxylic acids is 1. The van der Waals surface area contributed by atoms with Crippen molar-refractivity contribution in [3.8, 4) is 0 Å². The van der Waals surface area contributed by atoms with E-state index >= 15 is 0 Å². The average Bonchev–Trinajstić information content (AvgIpc) is 2.29. The van der Waals surface area contributed by atoms with Gasteiger partial charge in [-0.2, -0.15) is 4.98 Å². The van der Waals surface area contributed by atoms with Crippen LogP contribution in [0.5, 0.6) is 0 Å². The van der Waals surface area contributed by atoms with Gasteiger partial charge >= 0.3 is 11.1 Å². The third-order valence-corrected chi connectivity index (χ3v) is 3.63. The molecule has 1 rings (SSSR count). The Morgan fingerprint density at radius 2 is 2.33 bits per heavy atom. The highest BCUT2D eigenvalue weighted by atomic mass is 32.2. The molecule has 1 aromatic heterocycles. The number of nitrogen functional groups attached to an aromatic ring is 1. The van der Waals surface area contributed by atoms with E-state index in [9.17, 15) is 4.79 Å². The third-order valence-electron chi connectivity index (χ3n) is 1.69. The van der Waals surface area contributed by atoms with E-state index in [0.717, 1.165) is 4.88 Å².